The summed E-state index contributed by atoms with van der Waals surface area (Å²) in [5.74, 6) is 0. The Morgan fingerprint density at radius 1 is 0.944 bits per heavy atom. The molecule has 0 saturated heterocycles. The Hall–Kier alpha value is -0.890. The standard InChI is InChI=1S/C8H7NS.C8H18/c1-6-9-7-4-2-3-5-8(7)10-6;1-3-5-7-8-6-4-2/h2-5H,1H3;3-8H2,1-2H3. The molecule has 0 saturated carbocycles. The molecule has 2 rings (SSSR count). The first-order valence-corrected chi connectivity index (χ1v) is 7.91. The first kappa shape index (κ1) is 15.2. The Labute approximate surface area is 115 Å². The summed E-state index contributed by atoms with van der Waals surface area (Å²) < 4.78 is 1.28. The fraction of sp³-hybridized carbons (Fsp3) is 0.562. The average molecular weight is 263 g/mol. The lowest BCUT2D eigenvalue weighted by Gasteiger charge is -1.93. The van der Waals surface area contributed by atoms with Crippen molar-refractivity contribution in [1.29, 1.82) is 0 Å². The highest BCUT2D eigenvalue weighted by Crippen LogP contribution is 2.19. The second-order valence-electron chi connectivity index (χ2n) is 4.61. The van der Waals surface area contributed by atoms with E-state index in [2.05, 4.69) is 24.9 Å². The van der Waals surface area contributed by atoms with Crippen LogP contribution in [0, 0.1) is 6.92 Å². The Balaban J connectivity index is 0.000000187. The van der Waals surface area contributed by atoms with Gasteiger partial charge in [0.2, 0.25) is 0 Å². The fourth-order valence-electron chi connectivity index (χ4n) is 1.84. The van der Waals surface area contributed by atoms with Gasteiger partial charge in [-0.25, -0.2) is 4.98 Å². The second kappa shape index (κ2) is 9.09. The Morgan fingerprint density at radius 3 is 2.11 bits per heavy atom. The zero-order chi connectivity index (χ0) is 13.2. The minimum absolute atomic E-state index is 1.12. The summed E-state index contributed by atoms with van der Waals surface area (Å²) in [7, 11) is 0. The van der Waals surface area contributed by atoms with Crippen molar-refractivity contribution in [3.63, 3.8) is 0 Å². The van der Waals surface area contributed by atoms with Crippen LogP contribution >= 0.6 is 11.3 Å². The van der Waals surface area contributed by atoms with Crippen molar-refractivity contribution in [3.05, 3.63) is 29.3 Å². The zero-order valence-electron chi connectivity index (χ0n) is 11.9. The molecule has 1 nitrogen and oxygen atoms in total. The van der Waals surface area contributed by atoms with Gasteiger partial charge in [0, 0.05) is 0 Å². The van der Waals surface area contributed by atoms with E-state index < -0.39 is 0 Å². The molecule has 0 unspecified atom stereocenters. The number of hydrogen-bond donors (Lipinski definition) is 0. The molecule has 0 spiro atoms. The maximum absolute atomic E-state index is 4.33. The fourth-order valence-corrected chi connectivity index (χ4v) is 2.67. The van der Waals surface area contributed by atoms with E-state index in [1.165, 1.54) is 43.2 Å². The number of unbranched alkanes of at least 4 members (excludes halogenated alkanes) is 5. The molecule has 1 heterocycles. The van der Waals surface area contributed by atoms with Crippen LogP contribution < -0.4 is 0 Å². The summed E-state index contributed by atoms with van der Waals surface area (Å²) in [4.78, 5) is 4.33. The number of para-hydroxylation sites is 1. The lowest BCUT2D eigenvalue weighted by atomic mass is 10.1. The van der Waals surface area contributed by atoms with Crippen LogP contribution in [-0.4, -0.2) is 4.98 Å². The van der Waals surface area contributed by atoms with Gasteiger partial charge in [-0.05, 0) is 19.1 Å². The van der Waals surface area contributed by atoms with Crippen molar-refractivity contribution in [2.75, 3.05) is 0 Å². The number of nitrogens with zero attached hydrogens (tertiary/aromatic N) is 1. The lowest BCUT2D eigenvalue weighted by Crippen LogP contribution is -1.73. The molecule has 100 valence electrons. The maximum atomic E-state index is 4.33. The van der Waals surface area contributed by atoms with E-state index in [4.69, 9.17) is 0 Å². The molecule has 0 aliphatic carbocycles. The number of rotatable bonds is 5. The predicted octanol–water partition coefficient (Wildman–Crippen LogP) is 5.97. The third kappa shape index (κ3) is 5.63. The van der Waals surface area contributed by atoms with E-state index in [1.807, 2.05) is 25.1 Å². The van der Waals surface area contributed by atoms with E-state index in [0.29, 0.717) is 0 Å². The number of aryl methyl sites for hydroxylation is 1. The highest BCUT2D eigenvalue weighted by atomic mass is 32.1. The van der Waals surface area contributed by atoms with Crippen LogP contribution in [-0.2, 0) is 0 Å². The highest BCUT2D eigenvalue weighted by Gasteiger charge is 1.95. The van der Waals surface area contributed by atoms with Gasteiger partial charge in [0.1, 0.15) is 0 Å². The first-order chi connectivity index (χ1) is 8.77. The molecule has 0 aliphatic rings. The normalized spacial score (nSPS) is 10.2. The Bertz CT molecular complexity index is 394. The molecule has 0 aliphatic heterocycles. The second-order valence-corrected chi connectivity index (χ2v) is 5.85. The number of fused-ring (bicyclic) bond motifs is 1. The summed E-state index contributed by atoms with van der Waals surface area (Å²) in [6, 6.07) is 8.19. The van der Waals surface area contributed by atoms with Crippen LogP contribution in [0.25, 0.3) is 10.2 Å². The Kier molecular flexibility index (Phi) is 7.66. The quantitative estimate of drug-likeness (QED) is 0.605. The van der Waals surface area contributed by atoms with Gasteiger partial charge in [-0.15, -0.1) is 11.3 Å². The monoisotopic (exact) mass is 263 g/mol. The molecule has 0 bridgehead atoms. The summed E-state index contributed by atoms with van der Waals surface area (Å²) in [5, 5.41) is 1.14. The smallest absolute Gasteiger partial charge is 0.0907 e. The van der Waals surface area contributed by atoms with Crippen molar-refractivity contribution < 1.29 is 0 Å². The molecule has 0 radical (unpaired) electrons. The molecule has 0 atom stereocenters. The number of thiazole rings is 1. The molecular weight excluding hydrogens is 238 g/mol. The molecular formula is C16H25NS. The molecule has 2 heteroatoms. The van der Waals surface area contributed by atoms with Crippen molar-refractivity contribution in [2.24, 2.45) is 0 Å². The zero-order valence-corrected chi connectivity index (χ0v) is 12.7. The third-order valence-electron chi connectivity index (χ3n) is 2.86. The SMILES string of the molecule is CCCCCCCC.Cc1nc2ccccc2s1. The van der Waals surface area contributed by atoms with Gasteiger partial charge in [0.25, 0.3) is 0 Å². The topological polar surface area (TPSA) is 12.9 Å². The summed E-state index contributed by atoms with van der Waals surface area (Å²) in [5.41, 5.74) is 1.12. The molecule has 18 heavy (non-hydrogen) atoms. The van der Waals surface area contributed by atoms with Crippen molar-refractivity contribution >= 4 is 21.6 Å². The Morgan fingerprint density at radius 2 is 1.56 bits per heavy atom. The van der Waals surface area contributed by atoms with E-state index in [9.17, 15) is 0 Å². The van der Waals surface area contributed by atoms with E-state index >= 15 is 0 Å². The van der Waals surface area contributed by atoms with Crippen LogP contribution in [0.4, 0.5) is 0 Å². The molecule has 1 aromatic heterocycles. The highest BCUT2D eigenvalue weighted by molar-refractivity contribution is 7.18. The maximum Gasteiger partial charge on any atom is 0.0907 e. The number of hydrogen-bond acceptors (Lipinski definition) is 2. The van der Waals surface area contributed by atoms with E-state index in [0.717, 1.165) is 10.5 Å². The first-order valence-electron chi connectivity index (χ1n) is 7.10. The van der Waals surface area contributed by atoms with Crippen LogP contribution in [0.5, 0.6) is 0 Å². The van der Waals surface area contributed by atoms with Crippen molar-refractivity contribution in [1.82, 2.24) is 4.98 Å². The van der Waals surface area contributed by atoms with E-state index in [1.54, 1.807) is 11.3 Å². The number of aromatic nitrogens is 1. The van der Waals surface area contributed by atoms with Crippen molar-refractivity contribution in [2.45, 2.75) is 59.3 Å². The van der Waals surface area contributed by atoms with E-state index in [-0.39, 0.29) is 0 Å². The molecule has 0 amide bonds. The number of benzene rings is 1. The minimum atomic E-state index is 1.12. The van der Waals surface area contributed by atoms with Gasteiger partial charge in [-0.3, -0.25) is 0 Å². The van der Waals surface area contributed by atoms with Crippen LogP contribution in [0.3, 0.4) is 0 Å². The summed E-state index contributed by atoms with van der Waals surface area (Å²) >= 11 is 1.74. The minimum Gasteiger partial charge on any atom is -0.242 e. The van der Waals surface area contributed by atoms with Crippen LogP contribution in [0.2, 0.25) is 0 Å². The summed E-state index contributed by atoms with van der Waals surface area (Å²) in [6.45, 7) is 6.54. The molecule has 2 aromatic rings. The van der Waals surface area contributed by atoms with Crippen LogP contribution in [0.1, 0.15) is 57.4 Å². The lowest BCUT2D eigenvalue weighted by molar-refractivity contribution is 0.624. The van der Waals surface area contributed by atoms with Crippen molar-refractivity contribution in [3.8, 4) is 0 Å². The van der Waals surface area contributed by atoms with Crippen LogP contribution in [0.15, 0.2) is 24.3 Å². The van der Waals surface area contributed by atoms with Gasteiger partial charge < -0.3 is 0 Å². The average Bonchev–Trinajstić information content (AvgIpc) is 2.75. The van der Waals surface area contributed by atoms with Gasteiger partial charge >= 0.3 is 0 Å². The van der Waals surface area contributed by atoms with Gasteiger partial charge in [-0.1, -0.05) is 64.5 Å². The molecule has 0 fully saturated rings. The van der Waals surface area contributed by atoms with Gasteiger partial charge in [0.05, 0.1) is 15.2 Å². The summed E-state index contributed by atoms with van der Waals surface area (Å²) in [6.07, 6.45) is 8.49. The predicted molar refractivity (Wildman–Crippen MR) is 83.4 cm³/mol. The van der Waals surface area contributed by atoms with Gasteiger partial charge in [0.15, 0.2) is 0 Å². The molecule has 0 N–H and O–H groups in total. The third-order valence-corrected chi connectivity index (χ3v) is 3.81. The largest absolute Gasteiger partial charge is 0.242 e. The van der Waals surface area contributed by atoms with Gasteiger partial charge in [-0.2, -0.15) is 0 Å². The molecule has 1 aromatic carbocycles.